The standard InChI is InChI=1S/C16H13F2NO2S/c1-20-14-8-12(4-7-15(14)22-16(17)18)10-21-13-5-2-11(9-19)3-6-13/h2-8,16H,10H2,1H3. The van der Waals surface area contributed by atoms with Gasteiger partial charge in [-0.3, -0.25) is 0 Å². The minimum Gasteiger partial charge on any atom is -0.496 e. The third-order valence-corrected chi connectivity index (χ3v) is 3.60. The van der Waals surface area contributed by atoms with Crippen molar-refractivity contribution >= 4 is 11.8 Å². The first-order chi connectivity index (χ1) is 10.6. The monoisotopic (exact) mass is 321 g/mol. The summed E-state index contributed by atoms with van der Waals surface area (Å²) in [6.45, 7) is 0.280. The van der Waals surface area contributed by atoms with Crippen molar-refractivity contribution in [3.8, 4) is 17.6 Å². The van der Waals surface area contributed by atoms with E-state index in [4.69, 9.17) is 14.7 Å². The SMILES string of the molecule is COc1cc(COc2ccc(C#N)cc2)ccc1SC(F)F. The molecule has 0 N–H and O–H groups in total. The highest BCUT2D eigenvalue weighted by Crippen LogP contribution is 2.34. The van der Waals surface area contributed by atoms with Gasteiger partial charge in [0.1, 0.15) is 18.1 Å². The van der Waals surface area contributed by atoms with E-state index in [0.717, 1.165) is 5.56 Å². The molecule has 0 saturated carbocycles. The average Bonchev–Trinajstić information content (AvgIpc) is 2.54. The van der Waals surface area contributed by atoms with Crippen LogP contribution in [0.25, 0.3) is 0 Å². The Hall–Kier alpha value is -2.26. The second-order valence-electron chi connectivity index (χ2n) is 4.29. The number of halogens is 2. The molecule has 0 fully saturated rings. The predicted octanol–water partition coefficient (Wildman–Crippen LogP) is 4.46. The molecule has 0 aliphatic rings. The summed E-state index contributed by atoms with van der Waals surface area (Å²) in [6.07, 6.45) is 0. The van der Waals surface area contributed by atoms with Gasteiger partial charge in [-0.25, -0.2) is 0 Å². The van der Waals surface area contributed by atoms with Crippen LogP contribution in [0.3, 0.4) is 0 Å². The summed E-state index contributed by atoms with van der Waals surface area (Å²) < 4.78 is 35.6. The van der Waals surface area contributed by atoms with Crippen LogP contribution in [0.2, 0.25) is 0 Å². The van der Waals surface area contributed by atoms with Crippen molar-refractivity contribution in [1.82, 2.24) is 0 Å². The van der Waals surface area contributed by atoms with Crippen LogP contribution in [-0.2, 0) is 6.61 Å². The van der Waals surface area contributed by atoms with Crippen LogP contribution in [0.15, 0.2) is 47.4 Å². The Kier molecular flexibility index (Phi) is 5.61. The van der Waals surface area contributed by atoms with Crippen molar-refractivity contribution in [3.05, 3.63) is 53.6 Å². The highest BCUT2D eigenvalue weighted by Gasteiger charge is 2.11. The van der Waals surface area contributed by atoms with E-state index in [-0.39, 0.29) is 6.61 Å². The van der Waals surface area contributed by atoms with Crippen LogP contribution < -0.4 is 9.47 Å². The van der Waals surface area contributed by atoms with Gasteiger partial charge in [-0.05, 0) is 42.0 Å². The average molecular weight is 321 g/mol. The van der Waals surface area contributed by atoms with E-state index in [9.17, 15) is 8.78 Å². The van der Waals surface area contributed by atoms with Crippen molar-refractivity contribution in [2.24, 2.45) is 0 Å². The normalized spacial score (nSPS) is 10.3. The van der Waals surface area contributed by atoms with Gasteiger partial charge in [0.15, 0.2) is 0 Å². The van der Waals surface area contributed by atoms with E-state index in [2.05, 4.69) is 0 Å². The maximum atomic E-state index is 12.4. The van der Waals surface area contributed by atoms with E-state index < -0.39 is 5.76 Å². The minimum absolute atomic E-state index is 0.280. The number of nitriles is 1. The predicted molar refractivity (Wildman–Crippen MR) is 80.3 cm³/mol. The maximum absolute atomic E-state index is 12.4. The molecule has 0 unspecified atom stereocenters. The maximum Gasteiger partial charge on any atom is 0.289 e. The van der Waals surface area contributed by atoms with Crippen molar-refractivity contribution in [2.45, 2.75) is 17.3 Å². The zero-order chi connectivity index (χ0) is 15.9. The lowest BCUT2D eigenvalue weighted by atomic mass is 10.2. The molecule has 2 rings (SSSR count). The number of thioether (sulfide) groups is 1. The van der Waals surface area contributed by atoms with E-state index in [0.29, 0.717) is 33.7 Å². The van der Waals surface area contributed by atoms with E-state index in [1.54, 1.807) is 42.5 Å². The fourth-order valence-corrected chi connectivity index (χ4v) is 2.38. The summed E-state index contributed by atoms with van der Waals surface area (Å²) in [7, 11) is 1.44. The van der Waals surface area contributed by atoms with Gasteiger partial charge in [-0.1, -0.05) is 17.8 Å². The molecule has 6 heteroatoms. The Morgan fingerprint density at radius 2 is 1.91 bits per heavy atom. The van der Waals surface area contributed by atoms with Crippen LogP contribution in [0.1, 0.15) is 11.1 Å². The number of benzene rings is 2. The second-order valence-corrected chi connectivity index (χ2v) is 5.32. The number of rotatable bonds is 6. The number of hydrogen-bond donors (Lipinski definition) is 0. The summed E-state index contributed by atoms with van der Waals surface area (Å²) in [5.41, 5.74) is 1.36. The highest BCUT2D eigenvalue weighted by atomic mass is 32.2. The summed E-state index contributed by atoms with van der Waals surface area (Å²) in [4.78, 5) is 0.389. The highest BCUT2D eigenvalue weighted by molar-refractivity contribution is 7.99. The van der Waals surface area contributed by atoms with Crippen molar-refractivity contribution < 1.29 is 18.3 Å². The number of alkyl halides is 2. The lowest BCUT2D eigenvalue weighted by molar-refractivity contribution is 0.251. The summed E-state index contributed by atoms with van der Waals surface area (Å²) in [6, 6.07) is 13.8. The Bertz CT molecular complexity index is 669. The van der Waals surface area contributed by atoms with Gasteiger partial charge in [0.25, 0.3) is 5.76 Å². The Morgan fingerprint density at radius 1 is 1.18 bits per heavy atom. The van der Waals surface area contributed by atoms with Gasteiger partial charge in [0.05, 0.1) is 23.6 Å². The molecule has 0 aromatic heterocycles. The summed E-state index contributed by atoms with van der Waals surface area (Å²) in [5, 5.41) is 8.72. The van der Waals surface area contributed by atoms with Gasteiger partial charge in [-0.2, -0.15) is 14.0 Å². The van der Waals surface area contributed by atoms with E-state index in [1.165, 1.54) is 7.11 Å². The molecular weight excluding hydrogens is 308 g/mol. The van der Waals surface area contributed by atoms with Gasteiger partial charge >= 0.3 is 0 Å². The zero-order valence-electron chi connectivity index (χ0n) is 11.8. The first-order valence-corrected chi connectivity index (χ1v) is 7.25. The van der Waals surface area contributed by atoms with Crippen LogP contribution in [0.4, 0.5) is 8.78 Å². The van der Waals surface area contributed by atoms with Crippen LogP contribution in [-0.4, -0.2) is 12.9 Å². The Morgan fingerprint density at radius 3 is 2.50 bits per heavy atom. The molecule has 0 bridgehead atoms. The molecule has 0 aliphatic carbocycles. The van der Waals surface area contributed by atoms with Crippen molar-refractivity contribution in [1.29, 1.82) is 5.26 Å². The molecule has 0 spiro atoms. The molecule has 0 atom stereocenters. The largest absolute Gasteiger partial charge is 0.496 e. The third-order valence-electron chi connectivity index (χ3n) is 2.83. The first kappa shape index (κ1) is 16.1. The van der Waals surface area contributed by atoms with Gasteiger partial charge < -0.3 is 9.47 Å². The van der Waals surface area contributed by atoms with Crippen molar-refractivity contribution in [2.75, 3.05) is 7.11 Å². The molecule has 0 radical (unpaired) electrons. The number of ether oxygens (including phenoxy) is 2. The molecule has 22 heavy (non-hydrogen) atoms. The fraction of sp³-hybridized carbons (Fsp3) is 0.188. The minimum atomic E-state index is -2.49. The molecule has 0 heterocycles. The third kappa shape index (κ3) is 4.37. The van der Waals surface area contributed by atoms with Gasteiger partial charge in [0, 0.05) is 0 Å². The van der Waals surface area contributed by atoms with Crippen LogP contribution in [0, 0.1) is 11.3 Å². The Balaban J connectivity index is 2.04. The fourth-order valence-electron chi connectivity index (χ4n) is 1.79. The van der Waals surface area contributed by atoms with Crippen LogP contribution >= 0.6 is 11.8 Å². The number of methoxy groups -OCH3 is 1. The van der Waals surface area contributed by atoms with Gasteiger partial charge in [-0.15, -0.1) is 0 Å². The summed E-state index contributed by atoms with van der Waals surface area (Å²) in [5.74, 6) is -1.47. The van der Waals surface area contributed by atoms with Gasteiger partial charge in [0.2, 0.25) is 0 Å². The topological polar surface area (TPSA) is 42.2 Å². The summed E-state index contributed by atoms with van der Waals surface area (Å²) >= 11 is 0.447. The molecule has 2 aromatic rings. The number of hydrogen-bond acceptors (Lipinski definition) is 4. The first-order valence-electron chi connectivity index (χ1n) is 6.37. The Labute approximate surface area is 131 Å². The lowest BCUT2D eigenvalue weighted by Gasteiger charge is -2.11. The molecule has 3 nitrogen and oxygen atoms in total. The quantitative estimate of drug-likeness (QED) is 0.737. The molecular formula is C16H13F2NO2S. The number of nitrogens with zero attached hydrogens (tertiary/aromatic N) is 1. The molecule has 114 valence electrons. The molecule has 2 aromatic carbocycles. The smallest absolute Gasteiger partial charge is 0.289 e. The molecule has 0 aliphatic heterocycles. The van der Waals surface area contributed by atoms with Crippen LogP contribution in [0.5, 0.6) is 11.5 Å². The van der Waals surface area contributed by atoms with E-state index >= 15 is 0 Å². The zero-order valence-corrected chi connectivity index (χ0v) is 12.6. The molecule has 0 saturated heterocycles. The van der Waals surface area contributed by atoms with Crippen molar-refractivity contribution in [3.63, 3.8) is 0 Å². The second kappa shape index (κ2) is 7.66. The van der Waals surface area contributed by atoms with E-state index in [1.807, 2.05) is 6.07 Å². The molecule has 0 amide bonds. The lowest BCUT2D eigenvalue weighted by Crippen LogP contribution is -1.97.